The van der Waals surface area contributed by atoms with Crippen LogP contribution in [0.25, 0.3) is 0 Å². The molecule has 1 amide bonds. The molecule has 0 saturated heterocycles. The van der Waals surface area contributed by atoms with Gasteiger partial charge in [-0.15, -0.1) is 11.6 Å². The third-order valence-electron chi connectivity index (χ3n) is 3.10. The van der Waals surface area contributed by atoms with Crippen LogP contribution < -0.4 is 5.32 Å². The van der Waals surface area contributed by atoms with E-state index in [9.17, 15) is 9.90 Å². The third-order valence-corrected chi connectivity index (χ3v) is 3.67. The van der Waals surface area contributed by atoms with Gasteiger partial charge in [-0.05, 0) is 31.0 Å². The minimum absolute atomic E-state index is 0.0657. The Bertz CT molecular complexity index is 443. The van der Waals surface area contributed by atoms with Gasteiger partial charge in [-0.2, -0.15) is 0 Å². The van der Waals surface area contributed by atoms with E-state index < -0.39 is 0 Å². The molecule has 3 N–H and O–H groups in total. The molecule has 0 unspecified atom stereocenters. The number of nitrogens with one attached hydrogen (secondary N) is 1. The zero-order chi connectivity index (χ0) is 12.5. The van der Waals surface area contributed by atoms with Gasteiger partial charge in [0.1, 0.15) is 0 Å². The number of aromatic hydroxyl groups is 2. The molecule has 5 heteroatoms. The molecule has 0 bridgehead atoms. The van der Waals surface area contributed by atoms with Crippen LogP contribution in [0.2, 0.25) is 0 Å². The van der Waals surface area contributed by atoms with Crippen molar-refractivity contribution in [1.82, 2.24) is 5.32 Å². The Morgan fingerprint density at radius 3 is 2.59 bits per heavy atom. The quantitative estimate of drug-likeness (QED) is 0.568. The van der Waals surface area contributed by atoms with Crippen LogP contribution in [0.3, 0.4) is 0 Å². The number of hydrogen-bond donors (Lipinski definition) is 3. The highest BCUT2D eigenvalue weighted by molar-refractivity contribution is 6.18. The summed E-state index contributed by atoms with van der Waals surface area (Å²) in [4.78, 5) is 11.8. The molecular weight excluding hydrogens is 242 g/mol. The van der Waals surface area contributed by atoms with E-state index in [0.717, 1.165) is 12.8 Å². The number of carbonyl (C=O) groups excluding carboxylic acids is 1. The van der Waals surface area contributed by atoms with E-state index in [4.69, 9.17) is 16.7 Å². The lowest BCUT2D eigenvalue weighted by Crippen LogP contribution is -2.30. The second kappa shape index (κ2) is 4.45. The van der Waals surface area contributed by atoms with Crippen LogP contribution in [0.15, 0.2) is 18.2 Å². The lowest BCUT2D eigenvalue weighted by atomic mass is 10.1. The summed E-state index contributed by atoms with van der Waals surface area (Å²) < 4.78 is 0. The molecule has 0 radical (unpaired) electrons. The highest BCUT2D eigenvalue weighted by Gasteiger charge is 2.41. The number of phenols is 2. The van der Waals surface area contributed by atoms with Crippen molar-refractivity contribution in [3.8, 4) is 11.5 Å². The van der Waals surface area contributed by atoms with Gasteiger partial charge in [0.05, 0.1) is 0 Å². The molecular formula is C12H14ClNO3. The first-order valence-electron chi connectivity index (χ1n) is 5.42. The van der Waals surface area contributed by atoms with E-state index in [1.54, 1.807) is 0 Å². The number of benzene rings is 1. The van der Waals surface area contributed by atoms with Crippen LogP contribution in [0, 0.1) is 5.41 Å². The molecule has 92 valence electrons. The molecule has 0 aliphatic heterocycles. The van der Waals surface area contributed by atoms with Crippen molar-refractivity contribution >= 4 is 17.5 Å². The number of hydrogen-bond acceptors (Lipinski definition) is 3. The summed E-state index contributed by atoms with van der Waals surface area (Å²) in [5, 5.41) is 21.2. The van der Waals surface area contributed by atoms with E-state index in [1.165, 1.54) is 18.2 Å². The van der Waals surface area contributed by atoms with Gasteiger partial charge in [0.2, 0.25) is 0 Å². The Morgan fingerprint density at radius 2 is 2.06 bits per heavy atom. The molecule has 1 aromatic carbocycles. The first-order valence-corrected chi connectivity index (χ1v) is 5.96. The van der Waals surface area contributed by atoms with Crippen molar-refractivity contribution in [3.05, 3.63) is 23.8 Å². The van der Waals surface area contributed by atoms with Crippen LogP contribution in [-0.4, -0.2) is 28.5 Å². The summed E-state index contributed by atoms with van der Waals surface area (Å²) >= 11 is 5.81. The summed E-state index contributed by atoms with van der Waals surface area (Å²) in [6.45, 7) is 0.553. The lowest BCUT2D eigenvalue weighted by molar-refractivity contribution is 0.0946. The number of amides is 1. The Hall–Kier alpha value is -1.42. The van der Waals surface area contributed by atoms with Crippen LogP contribution >= 0.6 is 11.6 Å². The maximum Gasteiger partial charge on any atom is 0.251 e. The predicted octanol–water partition coefficient (Wildman–Crippen LogP) is 1.85. The maximum absolute atomic E-state index is 11.8. The van der Waals surface area contributed by atoms with E-state index in [-0.39, 0.29) is 22.8 Å². The Labute approximate surface area is 104 Å². The molecule has 1 aliphatic carbocycles. The highest BCUT2D eigenvalue weighted by Crippen LogP contribution is 2.45. The molecule has 1 aliphatic rings. The minimum atomic E-state index is -0.295. The normalized spacial score (nSPS) is 16.5. The Balaban J connectivity index is 1.97. The number of phenolic OH excluding ortho intramolecular Hbond substituents is 2. The molecule has 0 spiro atoms. The summed E-state index contributed by atoms with van der Waals surface area (Å²) in [5.74, 6) is -0.248. The van der Waals surface area contributed by atoms with Gasteiger partial charge in [0, 0.05) is 23.4 Å². The minimum Gasteiger partial charge on any atom is -0.504 e. The predicted molar refractivity (Wildman–Crippen MR) is 64.5 cm³/mol. The first-order chi connectivity index (χ1) is 8.06. The molecule has 1 fully saturated rings. The van der Waals surface area contributed by atoms with Crippen molar-refractivity contribution in [2.24, 2.45) is 5.41 Å². The van der Waals surface area contributed by atoms with E-state index >= 15 is 0 Å². The smallest absolute Gasteiger partial charge is 0.251 e. The molecule has 0 atom stereocenters. The Kier molecular flexibility index (Phi) is 3.15. The van der Waals surface area contributed by atoms with Crippen LogP contribution in [0.1, 0.15) is 23.2 Å². The first kappa shape index (κ1) is 12.0. The second-order valence-corrected chi connectivity index (χ2v) is 4.79. The van der Waals surface area contributed by atoms with E-state index in [0.29, 0.717) is 18.0 Å². The summed E-state index contributed by atoms with van der Waals surface area (Å²) in [7, 11) is 0. The van der Waals surface area contributed by atoms with Crippen LogP contribution in [-0.2, 0) is 0 Å². The molecule has 1 aromatic rings. The van der Waals surface area contributed by atoms with Crippen molar-refractivity contribution < 1.29 is 15.0 Å². The topological polar surface area (TPSA) is 69.6 Å². The zero-order valence-corrected chi connectivity index (χ0v) is 10.00. The van der Waals surface area contributed by atoms with Gasteiger partial charge in [0.25, 0.3) is 5.91 Å². The van der Waals surface area contributed by atoms with Gasteiger partial charge in [0.15, 0.2) is 11.5 Å². The molecule has 0 heterocycles. The average molecular weight is 256 g/mol. The van der Waals surface area contributed by atoms with Crippen molar-refractivity contribution in [3.63, 3.8) is 0 Å². The fourth-order valence-electron chi connectivity index (χ4n) is 1.57. The number of carbonyl (C=O) groups is 1. The number of rotatable bonds is 4. The SMILES string of the molecule is O=C(NCC1(CCl)CC1)c1ccc(O)c(O)c1. The molecule has 4 nitrogen and oxygen atoms in total. The van der Waals surface area contributed by atoms with Gasteiger partial charge in [-0.3, -0.25) is 4.79 Å². The highest BCUT2D eigenvalue weighted by atomic mass is 35.5. The van der Waals surface area contributed by atoms with Gasteiger partial charge < -0.3 is 15.5 Å². The summed E-state index contributed by atoms with van der Waals surface area (Å²) in [5.41, 5.74) is 0.390. The van der Waals surface area contributed by atoms with Crippen LogP contribution in [0.5, 0.6) is 11.5 Å². The van der Waals surface area contributed by atoms with Crippen LogP contribution in [0.4, 0.5) is 0 Å². The molecule has 17 heavy (non-hydrogen) atoms. The Morgan fingerprint density at radius 1 is 1.35 bits per heavy atom. The average Bonchev–Trinajstić information content (AvgIpc) is 3.10. The third kappa shape index (κ3) is 2.64. The maximum atomic E-state index is 11.8. The number of alkyl halides is 1. The second-order valence-electron chi connectivity index (χ2n) is 4.52. The standard InChI is InChI=1S/C12H14ClNO3/c13-6-12(3-4-12)7-14-11(17)8-1-2-9(15)10(16)5-8/h1-2,5,15-16H,3-4,6-7H2,(H,14,17). The zero-order valence-electron chi connectivity index (χ0n) is 9.24. The molecule has 2 rings (SSSR count). The summed E-state index contributed by atoms with van der Waals surface area (Å²) in [6, 6.07) is 3.99. The van der Waals surface area contributed by atoms with Crippen molar-refractivity contribution in [2.75, 3.05) is 12.4 Å². The fraction of sp³-hybridized carbons (Fsp3) is 0.417. The van der Waals surface area contributed by atoms with Gasteiger partial charge >= 0.3 is 0 Å². The van der Waals surface area contributed by atoms with Crippen molar-refractivity contribution in [1.29, 1.82) is 0 Å². The molecule has 0 aromatic heterocycles. The van der Waals surface area contributed by atoms with E-state index in [1.807, 2.05) is 0 Å². The largest absolute Gasteiger partial charge is 0.504 e. The van der Waals surface area contributed by atoms with Gasteiger partial charge in [-0.25, -0.2) is 0 Å². The monoisotopic (exact) mass is 255 g/mol. The van der Waals surface area contributed by atoms with Crippen molar-refractivity contribution in [2.45, 2.75) is 12.8 Å². The lowest BCUT2D eigenvalue weighted by Gasteiger charge is -2.12. The van der Waals surface area contributed by atoms with E-state index in [2.05, 4.69) is 5.32 Å². The fourth-order valence-corrected chi connectivity index (χ4v) is 1.93. The number of halogens is 1. The summed E-state index contributed by atoms with van der Waals surface area (Å²) in [6.07, 6.45) is 2.08. The molecule has 1 saturated carbocycles. The van der Waals surface area contributed by atoms with Gasteiger partial charge in [-0.1, -0.05) is 0 Å².